The minimum atomic E-state index is 0.404. The second kappa shape index (κ2) is 5.72. The Balaban J connectivity index is 1.45. The van der Waals surface area contributed by atoms with Gasteiger partial charge in [0.1, 0.15) is 18.2 Å². The number of hydrogen-bond acceptors (Lipinski definition) is 4. The summed E-state index contributed by atoms with van der Waals surface area (Å²) in [5, 5.41) is 0. The average molecular weight is 298 g/mol. The number of hydrogen-bond donors (Lipinski definition) is 0. The Labute approximate surface area is 130 Å². The predicted molar refractivity (Wildman–Crippen MR) is 83.5 cm³/mol. The summed E-state index contributed by atoms with van der Waals surface area (Å²) < 4.78 is 8.14. The van der Waals surface area contributed by atoms with E-state index in [0.717, 1.165) is 30.5 Å². The summed E-state index contributed by atoms with van der Waals surface area (Å²) >= 11 is 0. The van der Waals surface area contributed by atoms with Gasteiger partial charge in [0, 0.05) is 25.8 Å². The summed E-state index contributed by atoms with van der Waals surface area (Å²) in [4.78, 5) is 11.3. The Morgan fingerprint density at radius 1 is 1.27 bits per heavy atom. The minimum Gasteiger partial charge on any atom is -0.486 e. The van der Waals surface area contributed by atoms with Gasteiger partial charge in [-0.3, -0.25) is 9.88 Å². The molecule has 0 unspecified atom stereocenters. The zero-order valence-electron chi connectivity index (χ0n) is 13.0. The summed E-state index contributed by atoms with van der Waals surface area (Å²) in [7, 11) is 0. The highest BCUT2D eigenvalue weighted by Gasteiger charge is 2.31. The van der Waals surface area contributed by atoms with E-state index in [-0.39, 0.29) is 0 Å². The molecule has 1 atom stereocenters. The molecule has 3 heterocycles. The molecule has 0 N–H and O–H groups in total. The lowest BCUT2D eigenvalue weighted by atomic mass is 10.2. The number of rotatable bonds is 5. The van der Waals surface area contributed by atoms with E-state index >= 15 is 0 Å². The molecule has 1 aliphatic heterocycles. The molecule has 22 heavy (non-hydrogen) atoms. The molecule has 5 heteroatoms. The quantitative estimate of drug-likeness (QED) is 0.851. The van der Waals surface area contributed by atoms with Crippen LogP contribution >= 0.6 is 0 Å². The van der Waals surface area contributed by atoms with Gasteiger partial charge in [-0.1, -0.05) is 0 Å². The van der Waals surface area contributed by atoms with Crippen molar-refractivity contribution in [2.75, 3.05) is 13.1 Å². The zero-order chi connectivity index (χ0) is 14.9. The Morgan fingerprint density at radius 3 is 2.95 bits per heavy atom. The van der Waals surface area contributed by atoms with Crippen LogP contribution in [0.25, 0.3) is 0 Å². The van der Waals surface area contributed by atoms with E-state index in [2.05, 4.69) is 26.4 Å². The minimum absolute atomic E-state index is 0.404. The van der Waals surface area contributed by atoms with Crippen LogP contribution in [0, 0.1) is 5.92 Å². The molecular weight excluding hydrogens is 276 g/mol. The molecule has 1 aliphatic carbocycles. The lowest BCUT2D eigenvalue weighted by Crippen LogP contribution is -2.38. The molecule has 116 valence electrons. The van der Waals surface area contributed by atoms with Gasteiger partial charge in [0.05, 0.1) is 24.1 Å². The Bertz CT molecular complexity index is 635. The summed E-state index contributed by atoms with van der Waals surface area (Å²) in [6.45, 7) is 6.18. The van der Waals surface area contributed by atoms with Gasteiger partial charge in [0.15, 0.2) is 0 Å². The van der Waals surface area contributed by atoms with Crippen molar-refractivity contribution >= 4 is 0 Å². The summed E-state index contributed by atoms with van der Waals surface area (Å²) in [5.41, 5.74) is 1.15. The zero-order valence-corrected chi connectivity index (χ0v) is 13.0. The largest absolute Gasteiger partial charge is 0.486 e. The van der Waals surface area contributed by atoms with Gasteiger partial charge < -0.3 is 9.30 Å². The van der Waals surface area contributed by atoms with Crippen LogP contribution < -0.4 is 4.74 Å². The van der Waals surface area contributed by atoms with Gasteiger partial charge in [-0.05, 0) is 37.8 Å². The van der Waals surface area contributed by atoms with Crippen molar-refractivity contribution < 1.29 is 4.74 Å². The molecule has 0 radical (unpaired) electrons. The maximum Gasteiger partial charge on any atom is 0.138 e. The lowest BCUT2D eigenvalue weighted by Gasteiger charge is -2.34. The summed E-state index contributed by atoms with van der Waals surface area (Å²) in [6, 6.07) is 4.22. The highest BCUT2D eigenvalue weighted by Crippen LogP contribution is 2.34. The molecule has 1 fully saturated rings. The van der Waals surface area contributed by atoms with E-state index in [4.69, 9.17) is 4.74 Å². The number of aromatic nitrogens is 3. The number of fused-ring (bicyclic) bond motifs is 1. The normalized spacial score (nSPS) is 21.6. The van der Waals surface area contributed by atoms with Gasteiger partial charge in [-0.15, -0.1) is 0 Å². The molecule has 0 amide bonds. The van der Waals surface area contributed by atoms with Crippen LogP contribution in [-0.2, 0) is 13.2 Å². The van der Waals surface area contributed by atoms with Crippen molar-refractivity contribution in [2.24, 2.45) is 5.92 Å². The van der Waals surface area contributed by atoms with E-state index in [1.807, 2.05) is 18.3 Å². The van der Waals surface area contributed by atoms with Crippen molar-refractivity contribution in [1.29, 1.82) is 0 Å². The molecule has 2 aromatic rings. The molecule has 0 aromatic carbocycles. The van der Waals surface area contributed by atoms with E-state index in [1.165, 1.54) is 25.2 Å². The van der Waals surface area contributed by atoms with Crippen LogP contribution in [-0.4, -0.2) is 32.5 Å². The maximum absolute atomic E-state index is 5.82. The Hall–Kier alpha value is -1.88. The third-order valence-electron chi connectivity index (χ3n) is 4.71. The second-order valence-electron chi connectivity index (χ2n) is 6.35. The van der Waals surface area contributed by atoms with E-state index in [0.29, 0.717) is 12.6 Å². The maximum atomic E-state index is 5.82. The van der Waals surface area contributed by atoms with Crippen LogP contribution in [0.3, 0.4) is 0 Å². The molecule has 0 bridgehead atoms. The second-order valence-corrected chi connectivity index (χ2v) is 6.35. The van der Waals surface area contributed by atoms with Gasteiger partial charge in [-0.25, -0.2) is 4.98 Å². The number of imidazole rings is 1. The molecule has 2 aliphatic rings. The van der Waals surface area contributed by atoms with Gasteiger partial charge >= 0.3 is 0 Å². The fourth-order valence-electron chi connectivity index (χ4n) is 3.19. The third-order valence-corrected chi connectivity index (χ3v) is 4.71. The molecule has 1 saturated carbocycles. The van der Waals surface area contributed by atoms with Crippen molar-refractivity contribution in [2.45, 2.75) is 39.0 Å². The molecule has 0 saturated heterocycles. The van der Waals surface area contributed by atoms with Crippen LogP contribution in [0.5, 0.6) is 5.75 Å². The monoisotopic (exact) mass is 298 g/mol. The topological polar surface area (TPSA) is 43.2 Å². The van der Waals surface area contributed by atoms with Crippen molar-refractivity contribution in [3.63, 3.8) is 0 Å². The molecular formula is C17H22N4O. The summed E-state index contributed by atoms with van der Waals surface area (Å²) in [6.07, 6.45) is 8.27. The Morgan fingerprint density at radius 2 is 2.18 bits per heavy atom. The number of ether oxygens (including phenoxy) is 1. The first-order chi connectivity index (χ1) is 10.8. The van der Waals surface area contributed by atoms with Gasteiger partial charge in [0.2, 0.25) is 0 Å². The molecule has 2 aromatic heterocycles. The number of pyridine rings is 1. The average Bonchev–Trinajstić information content (AvgIpc) is 3.27. The van der Waals surface area contributed by atoms with Crippen LogP contribution in [0.15, 0.2) is 30.7 Å². The van der Waals surface area contributed by atoms with Crippen LogP contribution in [0.2, 0.25) is 0 Å². The fraction of sp³-hybridized carbons (Fsp3) is 0.529. The fourth-order valence-corrected chi connectivity index (χ4v) is 3.19. The lowest BCUT2D eigenvalue weighted by molar-refractivity contribution is 0.154. The summed E-state index contributed by atoms with van der Waals surface area (Å²) in [5.74, 6) is 2.91. The first-order valence-electron chi connectivity index (χ1n) is 8.12. The van der Waals surface area contributed by atoms with E-state index in [1.54, 1.807) is 12.4 Å². The first-order valence-corrected chi connectivity index (χ1v) is 8.12. The molecule has 4 rings (SSSR count). The Kier molecular flexibility index (Phi) is 3.58. The van der Waals surface area contributed by atoms with E-state index < -0.39 is 0 Å². The SMILES string of the molecule is C[C@@H]1c2ncc(COc3cccnc3)n2CCN1CC1CC1. The smallest absolute Gasteiger partial charge is 0.138 e. The van der Waals surface area contributed by atoms with Gasteiger partial charge in [-0.2, -0.15) is 0 Å². The third kappa shape index (κ3) is 2.73. The molecule has 0 spiro atoms. The van der Waals surface area contributed by atoms with Crippen LogP contribution in [0.1, 0.15) is 37.3 Å². The highest BCUT2D eigenvalue weighted by molar-refractivity contribution is 5.17. The van der Waals surface area contributed by atoms with Crippen molar-refractivity contribution in [1.82, 2.24) is 19.4 Å². The van der Waals surface area contributed by atoms with E-state index in [9.17, 15) is 0 Å². The van der Waals surface area contributed by atoms with Gasteiger partial charge in [0.25, 0.3) is 0 Å². The van der Waals surface area contributed by atoms with Crippen LogP contribution in [0.4, 0.5) is 0 Å². The number of nitrogens with zero attached hydrogens (tertiary/aromatic N) is 4. The standard InChI is InChI=1S/C17H22N4O/c1-13-17-19-9-15(12-22-16-3-2-6-18-10-16)21(17)8-7-20(13)11-14-4-5-14/h2-3,6,9-10,13-14H,4-5,7-8,11-12H2,1H3/t13-/m1/s1. The van der Waals surface area contributed by atoms with Crippen molar-refractivity contribution in [3.8, 4) is 5.75 Å². The molecule has 5 nitrogen and oxygen atoms in total. The van der Waals surface area contributed by atoms with Crippen molar-refractivity contribution in [3.05, 3.63) is 42.2 Å². The highest BCUT2D eigenvalue weighted by atomic mass is 16.5. The predicted octanol–water partition coefficient (Wildman–Crippen LogP) is 2.64. The first kappa shape index (κ1) is 13.8.